The number of ether oxygens (including phenoxy) is 1. The lowest BCUT2D eigenvalue weighted by atomic mass is 10.3. The fraction of sp³-hybridized carbons (Fsp3) is 0.278. The summed E-state index contributed by atoms with van der Waals surface area (Å²) < 4.78 is 58.1. The van der Waals surface area contributed by atoms with Crippen molar-refractivity contribution in [2.45, 2.75) is 31.2 Å². The molecule has 2 aromatic carbocycles. The first kappa shape index (κ1) is 20.8. The molecule has 0 aliphatic rings. The highest BCUT2D eigenvalue weighted by Crippen LogP contribution is 2.17. The fourth-order valence-corrected chi connectivity index (χ4v) is 3.38. The normalized spacial score (nSPS) is 12.4. The maximum atomic E-state index is 13.1. The minimum Gasteiger partial charge on any atom is -0.484 e. The lowest BCUT2D eigenvalue weighted by molar-refractivity contribution is -0.118. The molecule has 146 valence electrons. The maximum Gasteiger partial charge on any atom is 0.262 e. The maximum absolute atomic E-state index is 13.1. The van der Waals surface area contributed by atoms with Gasteiger partial charge in [-0.25, -0.2) is 21.9 Å². The van der Waals surface area contributed by atoms with Gasteiger partial charge in [0.2, 0.25) is 10.0 Å². The van der Waals surface area contributed by atoms with Gasteiger partial charge >= 0.3 is 0 Å². The van der Waals surface area contributed by atoms with Gasteiger partial charge in [0.25, 0.3) is 5.91 Å². The Morgan fingerprint density at radius 1 is 1.11 bits per heavy atom. The Bertz CT molecular complexity index is 902. The lowest BCUT2D eigenvalue weighted by Gasteiger charge is -2.12. The van der Waals surface area contributed by atoms with Crippen LogP contribution in [0.3, 0.4) is 0 Å². The third-order valence-corrected chi connectivity index (χ3v) is 5.28. The van der Waals surface area contributed by atoms with Crippen molar-refractivity contribution in [2.24, 2.45) is 0 Å². The Labute approximate surface area is 156 Å². The molecule has 2 N–H and O–H groups in total. The van der Waals surface area contributed by atoms with Gasteiger partial charge < -0.3 is 10.1 Å². The van der Waals surface area contributed by atoms with Crippen molar-refractivity contribution in [1.82, 2.24) is 4.72 Å². The van der Waals surface area contributed by atoms with E-state index in [1.807, 2.05) is 6.92 Å². The highest BCUT2D eigenvalue weighted by Gasteiger charge is 2.16. The molecule has 1 atom stereocenters. The van der Waals surface area contributed by atoms with Gasteiger partial charge in [-0.05, 0) is 49.7 Å². The Balaban J connectivity index is 1.92. The SMILES string of the molecule is CCC(C)NS(=O)(=O)c1ccc(OCC(=O)Nc2ccc(F)c(F)c2)cc1. The summed E-state index contributed by atoms with van der Waals surface area (Å²) in [5.41, 5.74) is 0.0973. The molecule has 0 spiro atoms. The van der Waals surface area contributed by atoms with Crippen molar-refractivity contribution >= 4 is 21.6 Å². The highest BCUT2D eigenvalue weighted by molar-refractivity contribution is 7.89. The second-order valence-electron chi connectivity index (χ2n) is 5.87. The Kier molecular flexibility index (Phi) is 6.86. The molecule has 6 nitrogen and oxygen atoms in total. The molecule has 0 saturated carbocycles. The molecule has 0 bridgehead atoms. The second kappa shape index (κ2) is 8.92. The lowest BCUT2D eigenvalue weighted by Crippen LogP contribution is -2.31. The molecule has 0 aliphatic carbocycles. The number of rotatable bonds is 8. The zero-order valence-corrected chi connectivity index (χ0v) is 15.6. The number of halogens is 2. The van der Waals surface area contributed by atoms with E-state index < -0.39 is 27.6 Å². The molecule has 2 rings (SSSR count). The van der Waals surface area contributed by atoms with Crippen LogP contribution < -0.4 is 14.8 Å². The first-order valence-electron chi connectivity index (χ1n) is 8.21. The minimum atomic E-state index is -3.62. The number of amides is 1. The van der Waals surface area contributed by atoms with E-state index in [-0.39, 0.29) is 29.0 Å². The van der Waals surface area contributed by atoms with Gasteiger partial charge in [-0.1, -0.05) is 6.92 Å². The van der Waals surface area contributed by atoms with E-state index in [0.717, 1.165) is 12.1 Å². The van der Waals surface area contributed by atoms with Crippen LogP contribution in [-0.4, -0.2) is 27.0 Å². The molecule has 1 amide bonds. The van der Waals surface area contributed by atoms with E-state index in [0.29, 0.717) is 6.42 Å². The Hall–Kier alpha value is -2.52. The Morgan fingerprint density at radius 2 is 1.78 bits per heavy atom. The predicted octanol–water partition coefficient (Wildman–Crippen LogP) is 3.06. The average Bonchev–Trinajstić information content (AvgIpc) is 2.63. The van der Waals surface area contributed by atoms with Crippen LogP contribution in [0.4, 0.5) is 14.5 Å². The summed E-state index contributed by atoms with van der Waals surface area (Å²) in [6.45, 7) is 3.26. The molecule has 0 radical (unpaired) electrons. The second-order valence-corrected chi connectivity index (χ2v) is 7.58. The van der Waals surface area contributed by atoms with Crippen LogP contribution >= 0.6 is 0 Å². The van der Waals surface area contributed by atoms with Gasteiger partial charge in [-0.15, -0.1) is 0 Å². The largest absolute Gasteiger partial charge is 0.484 e. The van der Waals surface area contributed by atoms with E-state index in [1.165, 1.54) is 30.3 Å². The summed E-state index contributed by atoms with van der Waals surface area (Å²) in [4.78, 5) is 11.9. The molecular weight excluding hydrogens is 378 g/mol. The number of anilines is 1. The number of hydrogen-bond acceptors (Lipinski definition) is 4. The highest BCUT2D eigenvalue weighted by atomic mass is 32.2. The van der Waals surface area contributed by atoms with E-state index >= 15 is 0 Å². The molecule has 1 unspecified atom stereocenters. The first-order valence-corrected chi connectivity index (χ1v) is 9.69. The first-order chi connectivity index (χ1) is 12.7. The van der Waals surface area contributed by atoms with Crippen LogP contribution in [0.5, 0.6) is 5.75 Å². The quantitative estimate of drug-likeness (QED) is 0.716. The van der Waals surface area contributed by atoms with Crippen molar-refractivity contribution in [3.8, 4) is 5.75 Å². The van der Waals surface area contributed by atoms with Crippen LogP contribution in [0.2, 0.25) is 0 Å². The molecule has 0 aliphatic heterocycles. The van der Waals surface area contributed by atoms with Crippen LogP contribution in [0.25, 0.3) is 0 Å². The van der Waals surface area contributed by atoms with Crippen molar-refractivity contribution < 1.29 is 26.7 Å². The third kappa shape index (κ3) is 6.00. The number of nitrogens with one attached hydrogen (secondary N) is 2. The smallest absolute Gasteiger partial charge is 0.262 e. The average molecular weight is 398 g/mol. The molecule has 0 fully saturated rings. The summed E-state index contributed by atoms with van der Waals surface area (Å²) in [6.07, 6.45) is 0.660. The topological polar surface area (TPSA) is 84.5 Å². The monoisotopic (exact) mass is 398 g/mol. The molecule has 9 heteroatoms. The fourth-order valence-electron chi connectivity index (χ4n) is 2.05. The summed E-state index contributed by atoms with van der Waals surface area (Å²) in [5.74, 6) is -2.37. The van der Waals surface area contributed by atoms with Crippen molar-refractivity contribution in [3.05, 3.63) is 54.1 Å². The summed E-state index contributed by atoms with van der Waals surface area (Å²) in [5, 5.41) is 2.37. The van der Waals surface area contributed by atoms with Gasteiger partial charge in [0.15, 0.2) is 18.2 Å². The molecule has 0 heterocycles. The van der Waals surface area contributed by atoms with Crippen LogP contribution in [0.1, 0.15) is 20.3 Å². The van der Waals surface area contributed by atoms with E-state index in [1.54, 1.807) is 6.92 Å². The van der Waals surface area contributed by atoms with E-state index in [9.17, 15) is 22.0 Å². The summed E-state index contributed by atoms with van der Waals surface area (Å²) in [7, 11) is -3.62. The van der Waals surface area contributed by atoms with Crippen LogP contribution in [0.15, 0.2) is 47.4 Å². The summed E-state index contributed by atoms with van der Waals surface area (Å²) >= 11 is 0. The predicted molar refractivity (Wildman–Crippen MR) is 97.0 cm³/mol. The van der Waals surface area contributed by atoms with Gasteiger partial charge in [0.1, 0.15) is 5.75 Å². The van der Waals surface area contributed by atoms with Crippen molar-refractivity contribution in [3.63, 3.8) is 0 Å². The number of benzene rings is 2. The van der Waals surface area contributed by atoms with Gasteiger partial charge in [-0.3, -0.25) is 4.79 Å². The minimum absolute atomic E-state index is 0.0846. The summed E-state index contributed by atoms with van der Waals surface area (Å²) in [6, 6.07) is 8.38. The van der Waals surface area contributed by atoms with Crippen molar-refractivity contribution in [1.29, 1.82) is 0 Å². The van der Waals surface area contributed by atoms with Gasteiger partial charge in [-0.2, -0.15) is 0 Å². The zero-order valence-electron chi connectivity index (χ0n) is 14.8. The standard InChI is InChI=1S/C18H20F2N2O4S/c1-3-12(2)22-27(24,25)15-7-5-14(6-8-15)26-11-18(23)21-13-4-9-16(19)17(20)10-13/h4-10,12,22H,3,11H2,1-2H3,(H,21,23). The van der Waals surface area contributed by atoms with Crippen LogP contribution in [0, 0.1) is 11.6 Å². The molecule has 27 heavy (non-hydrogen) atoms. The number of carbonyl (C=O) groups excluding carboxylic acids is 1. The van der Waals surface area contributed by atoms with Gasteiger partial charge in [0.05, 0.1) is 4.90 Å². The van der Waals surface area contributed by atoms with Crippen LogP contribution in [-0.2, 0) is 14.8 Å². The molecule has 0 saturated heterocycles. The zero-order chi connectivity index (χ0) is 20.0. The van der Waals surface area contributed by atoms with Gasteiger partial charge in [0, 0.05) is 17.8 Å². The number of sulfonamides is 1. The van der Waals surface area contributed by atoms with Crippen molar-refractivity contribution in [2.75, 3.05) is 11.9 Å². The van der Waals surface area contributed by atoms with E-state index in [2.05, 4.69) is 10.0 Å². The molecular formula is C18H20F2N2O4S. The Morgan fingerprint density at radius 3 is 2.37 bits per heavy atom. The molecule has 0 aromatic heterocycles. The number of hydrogen-bond donors (Lipinski definition) is 2. The third-order valence-electron chi connectivity index (χ3n) is 3.68. The number of carbonyl (C=O) groups is 1. The van der Waals surface area contributed by atoms with E-state index in [4.69, 9.17) is 4.74 Å². The molecule has 2 aromatic rings.